The van der Waals surface area contributed by atoms with Gasteiger partial charge in [0, 0.05) is 18.8 Å². The van der Waals surface area contributed by atoms with Crippen LogP contribution in [0.2, 0.25) is 0 Å². The lowest BCUT2D eigenvalue weighted by Crippen LogP contribution is -2.14. The van der Waals surface area contributed by atoms with Gasteiger partial charge in [-0.3, -0.25) is 4.79 Å². The van der Waals surface area contributed by atoms with Crippen molar-refractivity contribution in [2.24, 2.45) is 5.92 Å². The van der Waals surface area contributed by atoms with E-state index in [4.69, 9.17) is 4.42 Å². The third kappa shape index (κ3) is 2.25. The van der Waals surface area contributed by atoms with E-state index in [-0.39, 0.29) is 5.92 Å². The molecule has 1 aliphatic carbocycles. The number of hydrogen-bond acceptors (Lipinski definition) is 2. The summed E-state index contributed by atoms with van der Waals surface area (Å²) in [6.07, 6.45) is 7.76. The number of carbonyl (C=O) groups is 1. The summed E-state index contributed by atoms with van der Waals surface area (Å²) in [5.41, 5.74) is 0. The number of carbonyl (C=O) groups excluding carboxylic acids is 1. The molecule has 1 saturated carbocycles. The lowest BCUT2D eigenvalue weighted by Gasteiger charge is -2.10. The molecule has 0 radical (unpaired) electrons. The van der Waals surface area contributed by atoms with Crippen LogP contribution in [0.4, 0.5) is 0 Å². The van der Waals surface area contributed by atoms with Gasteiger partial charge in [-0.15, -0.1) is 0 Å². The Morgan fingerprint density at radius 2 is 2.29 bits per heavy atom. The van der Waals surface area contributed by atoms with Crippen LogP contribution in [0.3, 0.4) is 0 Å². The predicted molar refractivity (Wildman–Crippen MR) is 54.0 cm³/mol. The zero-order chi connectivity index (χ0) is 9.80. The zero-order valence-corrected chi connectivity index (χ0v) is 8.37. The lowest BCUT2D eigenvalue weighted by atomic mass is 9.94. The molecule has 0 bridgehead atoms. The maximum atomic E-state index is 11.7. The average molecular weight is 192 g/mol. The van der Waals surface area contributed by atoms with Crippen molar-refractivity contribution in [1.29, 1.82) is 0 Å². The largest absolute Gasteiger partial charge is 0.469 e. The van der Waals surface area contributed by atoms with Crippen LogP contribution in [0.5, 0.6) is 0 Å². The number of rotatable bonds is 2. The van der Waals surface area contributed by atoms with Crippen LogP contribution in [0.1, 0.15) is 37.9 Å². The summed E-state index contributed by atoms with van der Waals surface area (Å²) in [6, 6.07) is 3.84. The molecule has 0 amide bonds. The Morgan fingerprint density at radius 3 is 3.07 bits per heavy atom. The number of ketones is 1. The van der Waals surface area contributed by atoms with Gasteiger partial charge in [-0.2, -0.15) is 0 Å². The standard InChI is InChI=1S/C12H16O2/c13-12-7-3-1-2-5-10(12)9-11-6-4-8-14-11/h4,6,8,10H,1-3,5,7,9H2. The van der Waals surface area contributed by atoms with Gasteiger partial charge in [0.05, 0.1) is 6.26 Å². The molecule has 1 atom stereocenters. The Morgan fingerprint density at radius 1 is 1.36 bits per heavy atom. The van der Waals surface area contributed by atoms with Crippen LogP contribution >= 0.6 is 0 Å². The van der Waals surface area contributed by atoms with Crippen molar-refractivity contribution in [2.45, 2.75) is 38.5 Å². The fraction of sp³-hybridized carbons (Fsp3) is 0.583. The van der Waals surface area contributed by atoms with Gasteiger partial charge in [-0.25, -0.2) is 0 Å². The molecule has 14 heavy (non-hydrogen) atoms. The summed E-state index contributed by atoms with van der Waals surface area (Å²) in [7, 11) is 0. The van der Waals surface area contributed by atoms with Gasteiger partial charge in [0.1, 0.15) is 11.5 Å². The molecule has 1 aromatic rings. The van der Waals surface area contributed by atoms with Crippen molar-refractivity contribution >= 4 is 5.78 Å². The minimum atomic E-state index is 0.212. The molecular weight excluding hydrogens is 176 g/mol. The van der Waals surface area contributed by atoms with Crippen molar-refractivity contribution in [3.05, 3.63) is 24.2 Å². The molecule has 1 fully saturated rings. The van der Waals surface area contributed by atoms with Gasteiger partial charge >= 0.3 is 0 Å². The highest BCUT2D eigenvalue weighted by Crippen LogP contribution is 2.23. The maximum absolute atomic E-state index is 11.7. The molecule has 0 N–H and O–H groups in total. The van der Waals surface area contributed by atoms with Crippen LogP contribution < -0.4 is 0 Å². The maximum Gasteiger partial charge on any atom is 0.136 e. The highest BCUT2D eigenvalue weighted by molar-refractivity contribution is 5.81. The van der Waals surface area contributed by atoms with Crippen molar-refractivity contribution in [2.75, 3.05) is 0 Å². The average Bonchev–Trinajstić information content (AvgIpc) is 2.60. The van der Waals surface area contributed by atoms with Crippen LogP contribution in [0, 0.1) is 5.92 Å². The van der Waals surface area contributed by atoms with Gasteiger partial charge in [-0.1, -0.05) is 12.8 Å². The van der Waals surface area contributed by atoms with Crippen LogP contribution in [-0.2, 0) is 11.2 Å². The Bertz CT molecular complexity index is 287. The Kier molecular flexibility index (Phi) is 3.02. The molecule has 0 aliphatic heterocycles. The first-order valence-electron chi connectivity index (χ1n) is 5.41. The van der Waals surface area contributed by atoms with Crippen molar-refractivity contribution in [3.63, 3.8) is 0 Å². The monoisotopic (exact) mass is 192 g/mol. The summed E-state index contributed by atoms with van der Waals surface area (Å²) < 4.78 is 5.27. The first-order valence-corrected chi connectivity index (χ1v) is 5.41. The summed E-state index contributed by atoms with van der Waals surface area (Å²) >= 11 is 0. The van der Waals surface area contributed by atoms with E-state index in [2.05, 4.69) is 0 Å². The van der Waals surface area contributed by atoms with Gasteiger partial charge in [0.2, 0.25) is 0 Å². The van der Waals surface area contributed by atoms with Crippen molar-refractivity contribution in [1.82, 2.24) is 0 Å². The van der Waals surface area contributed by atoms with Crippen molar-refractivity contribution < 1.29 is 9.21 Å². The van der Waals surface area contributed by atoms with Crippen LogP contribution in [0.15, 0.2) is 22.8 Å². The third-order valence-corrected chi connectivity index (χ3v) is 2.96. The SMILES string of the molecule is O=C1CCCCCC1Cc1ccco1. The second-order valence-electron chi connectivity index (χ2n) is 4.05. The van der Waals surface area contributed by atoms with E-state index in [1.165, 1.54) is 12.8 Å². The minimum Gasteiger partial charge on any atom is -0.469 e. The molecule has 1 aliphatic rings. The number of Topliss-reactive ketones (excluding diaryl/α,β-unsaturated/α-hetero) is 1. The molecule has 0 saturated heterocycles. The summed E-state index contributed by atoms with van der Waals surface area (Å²) in [4.78, 5) is 11.7. The zero-order valence-electron chi connectivity index (χ0n) is 8.37. The molecule has 0 spiro atoms. The highest BCUT2D eigenvalue weighted by Gasteiger charge is 2.21. The molecule has 1 unspecified atom stereocenters. The van der Waals surface area contributed by atoms with Crippen LogP contribution in [-0.4, -0.2) is 5.78 Å². The Hall–Kier alpha value is -1.05. The molecule has 76 valence electrons. The first-order chi connectivity index (χ1) is 6.86. The fourth-order valence-corrected chi connectivity index (χ4v) is 2.12. The Labute approximate surface area is 84.3 Å². The van der Waals surface area contributed by atoms with Gasteiger partial charge in [-0.05, 0) is 25.0 Å². The fourth-order valence-electron chi connectivity index (χ4n) is 2.12. The third-order valence-electron chi connectivity index (χ3n) is 2.96. The molecular formula is C12H16O2. The summed E-state index contributed by atoms with van der Waals surface area (Å²) in [5.74, 6) is 1.59. The first kappa shape index (κ1) is 9.50. The molecule has 0 aromatic carbocycles. The van der Waals surface area contributed by atoms with E-state index in [1.807, 2.05) is 12.1 Å². The van der Waals surface area contributed by atoms with E-state index in [0.29, 0.717) is 5.78 Å². The smallest absolute Gasteiger partial charge is 0.136 e. The summed E-state index contributed by atoms with van der Waals surface area (Å²) in [5, 5.41) is 0. The van der Waals surface area contributed by atoms with E-state index in [0.717, 1.165) is 31.4 Å². The second kappa shape index (κ2) is 4.45. The number of hydrogen-bond donors (Lipinski definition) is 0. The minimum absolute atomic E-state index is 0.212. The van der Waals surface area contributed by atoms with Gasteiger partial charge < -0.3 is 4.42 Å². The lowest BCUT2D eigenvalue weighted by molar-refractivity contribution is -0.122. The van der Waals surface area contributed by atoms with Crippen LogP contribution in [0.25, 0.3) is 0 Å². The predicted octanol–water partition coefficient (Wildman–Crippen LogP) is 2.97. The second-order valence-corrected chi connectivity index (χ2v) is 4.05. The van der Waals surface area contributed by atoms with E-state index in [1.54, 1.807) is 6.26 Å². The van der Waals surface area contributed by atoms with E-state index >= 15 is 0 Å². The number of furan rings is 1. The molecule has 1 heterocycles. The molecule has 2 rings (SSSR count). The van der Waals surface area contributed by atoms with Gasteiger partial charge in [0.25, 0.3) is 0 Å². The molecule has 2 heteroatoms. The Balaban J connectivity index is 1.98. The van der Waals surface area contributed by atoms with Crippen molar-refractivity contribution in [3.8, 4) is 0 Å². The van der Waals surface area contributed by atoms with Gasteiger partial charge in [0.15, 0.2) is 0 Å². The normalized spacial score (nSPS) is 23.4. The highest BCUT2D eigenvalue weighted by atomic mass is 16.3. The molecule has 1 aromatic heterocycles. The van der Waals surface area contributed by atoms with E-state index in [9.17, 15) is 4.79 Å². The topological polar surface area (TPSA) is 30.2 Å². The van der Waals surface area contributed by atoms with E-state index < -0.39 is 0 Å². The molecule has 2 nitrogen and oxygen atoms in total. The summed E-state index contributed by atoms with van der Waals surface area (Å²) in [6.45, 7) is 0. The quantitative estimate of drug-likeness (QED) is 0.674.